The summed E-state index contributed by atoms with van der Waals surface area (Å²) in [7, 11) is 0. The van der Waals surface area contributed by atoms with Gasteiger partial charge in [-0.2, -0.15) is 0 Å². The van der Waals surface area contributed by atoms with E-state index in [0.29, 0.717) is 21.9 Å². The topological polar surface area (TPSA) is 55.1 Å². The smallest absolute Gasteiger partial charge is 0.337 e. The van der Waals surface area contributed by atoms with Crippen molar-refractivity contribution in [2.24, 2.45) is 0 Å². The molecule has 0 aliphatic heterocycles. The number of benzene rings is 2. The predicted molar refractivity (Wildman–Crippen MR) is 85.5 cm³/mol. The molecule has 106 valence electrons. The van der Waals surface area contributed by atoms with Gasteiger partial charge in [0.25, 0.3) is 0 Å². The fourth-order valence-corrected chi connectivity index (χ4v) is 2.96. The number of aromatic nitrogens is 2. The largest absolute Gasteiger partial charge is 0.478 e. The maximum absolute atomic E-state index is 11.5. The number of nitrogens with zero attached hydrogens (tertiary/aromatic N) is 2. The van der Waals surface area contributed by atoms with Gasteiger partial charge in [-0.15, -0.1) is 0 Å². The minimum atomic E-state index is -0.986. The second kappa shape index (κ2) is 5.16. The van der Waals surface area contributed by atoms with Gasteiger partial charge in [0.15, 0.2) is 0 Å². The number of aryl methyl sites for hydroxylation is 1. The van der Waals surface area contributed by atoms with E-state index in [-0.39, 0.29) is 5.56 Å². The lowest BCUT2D eigenvalue weighted by Crippen LogP contribution is -2.04. The van der Waals surface area contributed by atoms with E-state index < -0.39 is 5.97 Å². The quantitative estimate of drug-likeness (QED) is 0.730. The number of aromatic carboxylic acids is 1. The standard InChI is InChI=1S/C15H10BrClN2O2/c1-8-18-12-4-2-3-10(15(20)21)14(12)19(8)13-7-9(17)5-6-11(13)16/h2-7H,1H3,(H,20,21). The number of imidazole rings is 1. The van der Waals surface area contributed by atoms with E-state index in [1.54, 1.807) is 34.9 Å². The molecule has 21 heavy (non-hydrogen) atoms. The number of rotatable bonds is 2. The van der Waals surface area contributed by atoms with Crippen LogP contribution in [0.5, 0.6) is 0 Å². The first-order valence-electron chi connectivity index (χ1n) is 6.16. The Hall–Kier alpha value is -1.85. The number of carbonyl (C=O) groups is 1. The SMILES string of the molecule is Cc1nc2cccc(C(=O)O)c2n1-c1cc(Cl)ccc1Br. The Labute approximate surface area is 134 Å². The van der Waals surface area contributed by atoms with E-state index >= 15 is 0 Å². The third kappa shape index (κ3) is 2.32. The maximum atomic E-state index is 11.5. The van der Waals surface area contributed by atoms with E-state index in [1.807, 2.05) is 13.0 Å². The number of hydrogen-bond donors (Lipinski definition) is 1. The molecule has 3 rings (SSSR count). The molecule has 0 unspecified atom stereocenters. The van der Waals surface area contributed by atoms with Crippen molar-refractivity contribution in [3.05, 3.63) is 57.3 Å². The Balaban J connectivity index is 2.44. The Morgan fingerprint density at radius 2 is 2.10 bits per heavy atom. The average Bonchev–Trinajstić information content (AvgIpc) is 2.77. The highest BCUT2D eigenvalue weighted by Gasteiger charge is 2.18. The van der Waals surface area contributed by atoms with Crippen molar-refractivity contribution in [1.29, 1.82) is 0 Å². The summed E-state index contributed by atoms with van der Waals surface area (Å²) in [5, 5.41) is 9.98. The molecule has 0 spiro atoms. The highest BCUT2D eigenvalue weighted by atomic mass is 79.9. The van der Waals surface area contributed by atoms with Gasteiger partial charge in [0, 0.05) is 9.50 Å². The molecule has 0 aliphatic carbocycles. The van der Waals surface area contributed by atoms with Crippen molar-refractivity contribution < 1.29 is 9.90 Å². The van der Waals surface area contributed by atoms with E-state index in [4.69, 9.17) is 11.6 Å². The van der Waals surface area contributed by atoms with Crippen LogP contribution in [0.3, 0.4) is 0 Å². The van der Waals surface area contributed by atoms with Crippen LogP contribution >= 0.6 is 27.5 Å². The lowest BCUT2D eigenvalue weighted by Gasteiger charge is -2.11. The minimum absolute atomic E-state index is 0.208. The van der Waals surface area contributed by atoms with E-state index in [9.17, 15) is 9.90 Å². The number of carboxylic acids is 1. The highest BCUT2D eigenvalue weighted by molar-refractivity contribution is 9.10. The molecule has 0 radical (unpaired) electrons. The molecule has 2 aromatic carbocycles. The molecule has 0 bridgehead atoms. The van der Waals surface area contributed by atoms with Gasteiger partial charge in [0.2, 0.25) is 0 Å². The Kier molecular flexibility index (Phi) is 3.47. The van der Waals surface area contributed by atoms with Crippen molar-refractivity contribution in [2.75, 3.05) is 0 Å². The third-order valence-electron chi connectivity index (χ3n) is 3.22. The van der Waals surface area contributed by atoms with Gasteiger partial charge in [0.05, 0.1) is 22.3 Å². The maximum Gasteiger partial charge on any atom is 0.337 e. The lowest BCUT2D eigenvalue weighted by atomic mass is 10.1. The molecule has 1 heterocycles. The molecule has 4 nitrogen and oxygen atoms in total. The summed E-state index contributed by atoms with van der Waals surface area (Å²) in [5.74, 6) is -0.290. The van der Waals surface area contributed by atoms with Crippen LogP contribution in [-0.4, -0.2) is 20.6 Å². The van der Waals surface area contributed by atoms with Crippen LogP contribution in [0.4, 0.5) is 0 Å². The van der Waals surface area contributed by atoms with Crippen LogP contribution in [0.15, 0.2) is 40.9 Å². The molecule has 0 saturated carbocycles. The van der Waals surface area contributed by atoms with Crippen LogP contribution in [0.2, 0.25) is 5.02 Å². The van der Waals surface area contributed by atoms with Gasteiger partial charge in [-0.05, 0) is 53.2 Å². The third-order valence-corrected chi connectivity index (χ3v) is 4.13. The first-order chi connectivity index (χ1) is 9.99. The summed E-state index contributed by atoms with van der Waals surface area (Å²) >= 11 is 9.55. The monoisotopic (exact) mass is 364 g/mol. The molecule has 0 saturated heterocycles. The number of halogens is 2. The summed E-state index contributed by atoms with van der Waals surface area (Å²) in [5.41, 5.74) is 2.17. The molecule has 6 heteroatoms. The number of fused-ring (bicyclic) bond motifs is 1. The zero-order valence-electron chi connectivity index (χ0n) is 11.0. The molecule has 3 aromatic rings. The molecular formula is C15H10BrClN2O2. The van der Waals surface area contributed by atoms with Crippen LogP contribution in [0.1, 0.15) is 16.2 Å². The van der Waals surface area contributed by atoms with E-state index in [2.05, 4.69) is 20.9 Å². The zero-order valence-corrected chi connectivity index (χ0v) is 13.3. The van der Waals surface area contributed by atoms with Gasteiger partial charge < -0.3 is 5.11 Å². The molecule has 0 aliphatic rings. The molecule has 0 amide bonds. The summed E-state index contributed by atoms with van der Waals surface area (Å²) in [6.45, 7) is 1.83. The van der Waals surface area contributed by atoms with Crippen molar-refractivity contribution in [3.63, 3.8) is 0 Å². The molecule has 1 N–H and O–H groups in total. The molecule has 1 aromatic heterocycles. The second-order valence-corrected chi connectivity index (χ2v) is 5.86. The normalized spacial score (nSPS) is 11.0. The fraction of sp³-hybridized carbons (Fsp3) is 0.0667. The van der Waals surface area contributed by atoms with Gasteiger partial charge >= 0.3 is 5.97 Å². The first kappa shape index (κ1) is 14.1. The van der Waals surface area contributed by atoms with E-state index in [1.165, 1.54) is 0 Å². The van der Waals surface area contributed by atoms with Gasteiger partial charge in [-0.3, -0.25) is 4.57 Å². The zero-order chi connectivity index (χ0) is 15.1. The fourth-order valence-electron chi connectivity index (χ4n) is 2.37. The van der Waals surface area contributed by atoms with Crippen molar-refractivity contribution in [1.82, 2.24) is 9.55 Å². The van der Waals surface area contributed by atoms with Crippen LogP contribution in [0, 0.1) is 6.92 Å². The van der Waals surface area contributed by atoms with Crippen LogP contribution < -0.4 is 0 Å². The van der Waals surface area contributed by atoms with Gasteiger partial charge in [-0.25, -0.2) is 9.78 Å². The number of carboxylic acid groups (broad SMARTS) is 1. The molecular weight excluding hydrogens is 356 g/mol. The Morgan fingerprint density at radius 1 is 1.33 bits per heavy atom. The first-order valence-corrected chi connectivity index (χ1v) is 7.33. The van der Waals surface area contributed by atoms with E-state index in [0.717, 1.165) is 10.2 Å². The van der Waals surface area contributed by atoms with Gasteiger partial charge in [0.1, 0.15) is 5.82 Å². The summed E-state index contributed by atoms with van der Waals surface area (Å²) in [6, 6.07) is 10.4. The summed E-state index contributed by atoms with van der Waals surface area (Å²) < 4.78 is 2.61. The number of para-hydroxylation sites is 1. The predicted octanol–water partition coefficient (Wildman–Crippen LogP) is 4.45. The van der Waals surface area contributed by atoms with Crippen molar-refractivity contribution in [2.45, 2.75) is 6.92 Å². The van der Waals surface area contributed by atoms with Crippen molar-refractivity contribution >= 4 is 44.5 Å². The molecule has 0 fully saturated rings. The summed E-state index contributed by atoms with van der Waals surface area (Å²) in [6.07, 6.45) is 0. The van der Waals surface area contributed by atoms with Crippen LogP contribution in [0.25, 0.3) is 16.7 Å². The minimum Gasteiger partial charge on any atom is -0.478 e. The van der Waals surface area contributed by atoms with Crippen LogP contribution in [-0.2, 0) is 0 Å². The summed E-state index contributed by atoms with van der Waals surface area (Å²) in [4.78, 5) is 15.9. The van der Waals surface area contributed by atoms with Gasteiger partial charge in [-0.1, -0.05) is 17.7 Å². The number of hydrogen-bond acceptors (Lipinski definition) is 2. The Bertz CT molecular complexity index is 873. The second-order valence-electron chi connectivity index (χ2n) is 4.57. The Morgan fingerprint density at radius 3 is 2.81 bits per heavy atom. The van der Waals surface area contributed by atoms with Crippen molar-refractivity contribution in [3.8, 4) is 5.69 Å². The molecule has 0 atom stereocenters. The average molecular weight is 366 g/mol. The lowest BCUT2D eigenvalue weighted by molar-refractivity contribution is 0.0698. The highest BCUT2D eigenvalue weighted by Crippen LogP contribution is 2.30.